The smallest absolute Gasteiger partial charge is 0.0813 e. The lowest BCUT2D eigenvalue weighted by atomic mass is 9.88. The van der Waals surface area contributed by atoms with Crippen LogP contribution in [-0.4, -0.2) is 6.54 Å². The zero-order valence-electron chi connectivity index (χ0n) is 7.96. The highest BCUT2D eigenvalue weighted by atomic mass is 15.0. The summed E-state index contributed by atoms with van der Waals surface area (Å²) >= 11 is 0. The summed E-state index contributed by atoms with van der Waals surface area (Å²) < 4.78 is 0. The Morgan fingerprint density at radius 1 is 1.38 bits per heavy atom. The van der Waals surface area contributed by atoms with E-state index in [2.05, 4.69) is 36.5 Å². The molecule has 2 unspecified atom stereocenters. The topological polar surface area (TPSA) is 38.0 Å². The molecule has 0 saturated heterocycles. The molecular weight excluding hydrogens is 160 g/mol. The van der Waals surface area contributed by atoms with Crippen LogP contribution >= 0.6 is 0 Å². The molecule has 1 aliphatic heterocycles. The second-order valence-electron chi connectivity index (χ2n) is 3.62. The summed E-state index contributed by atoms with van der Waals surface area (Å²) in [5.74, 6) is 0.635. The van der Waals surface area contributed by atoms with E-state index in [1.807, 2.05) is 0 Å². The van der Waals surface area contributed by atoms with Gasteiger partial charge < -0.3 is 5.73 Å². The van der Waals surface area contributed by atoms with Crippen molar-refractivity contribution in [3.8, 4) is 0 Å². The van der Waals surface area contributed by atoms with Crippen molar-refractivity contribution in [1.82, 2.24) is 5.32 Å². The van der Waals surface area contributed by atoms with Crippen LogP contribution in [0.1, 0.15) is 36.6 Å². The predicted molar refractivity (Wildman–Crippen MR) is 54.4 cm³/mol. The number of benzene rings is 1. The molecule has 70 valence electrons. The van der Waals surface area contributed by atoms with E-state index in [-0.39, 0.29) is 6.17 Å². The molecule has 1 aliphatic rings. The van der Waals surface area contributed by atoms with Gasteiger partial charge in [0.1, 0.15) is 0 Å². The van der Waals surface area contributed by atoms with Crippen molar-refractivity contribution in [1.29, 1.82) is 0 Å². The molecule has 0 fully saturated rings. The van der Waals surface area contributed by atoms with Crippen molar-refractivity contribution in [2.75, 3.05) is 6.54 Å². The molecule has 0 bridgehead atoms. The molecule has 2 heteroatoms. The molecule has 0 spiro atoms. The molecule has 1 heterocycles. The fraction of sp³-hybridized carbons (Fsp3) is 0.455. The van der Waals surface area contributed by atoms with Gasteiger partial charge in [-0.25, -0.2) is 0 Å². The van der Waals surface area contributed by atoms with Crippen molar-refractivity contribution >= 4 is 0 Å². The third kappa shape index (κ3) is 1.47. The third-order valence-corrected chi connectivity index (χ3v) is 2.85. The normalized spacial score (nSPS) is 26.9. The van der Waals surface area contributed by atoms with Gasteiger partial charge in [0, 0.05) is 6.54 Å². The van der Waals surface area contributed by atoms with E-state index in [9.17, 15) is 0 Å². The molecule has 0 radical (unpaired) electrons. The van der Waals surface area contributed by atoms with Crippen molar-refractivity contribution in [3.63, 3.8) is 0 Å². The number of rotatable bonds is 1. The van der Waals surface area contributed by atoms with E-state index in [1.165, 1.54) is 17.5 Å². The molecule has 2 rings (SSSR count). The SMILES string of the molecule is CCC1CNC(N)c2ccccc21. The van der Waals surface area contributed by atoms with Crippen LogP contribution in [-0.2, 0) is 0 Å². The summed E-state index contributed by atoms with van der Waals surface area (Å²) in [6, 6.07) is 8.47. The Balaban J connectivity index is 2.42. The minimum Gasteiger partial charge on any atom is -0.312 e. The van der Waals surface area contributed by atoms with Gasteiger partial charge in [0.25, 0.3) is 0 Å². The summed E-state index contributed by atoms with van der Waals surface area (Å²) in [4.78, 5) is 0. The van der Waals surface area contributed by atoms with Gasteiger partial charge >= 0.3 is 0 Å². The Hall–Kier alpha value is -0.860. The number of hydrogen-bond acceptors (Lipinski definition) is 2. The lowest BCUT2D eigenvalue weighted by Crippen LogP contribution is -2.37. The van der Waals surface area contributed by atoms with Crippen molar-refractivity contribution < 1.29 is 0 Å². The van der Waals surface area contributed by atoms with E-state index in [4.69, 9.17) is 5.73 Å². The van der Waals surface area contributed by atoms with Gasteiger partial charge in [-0.1, -0.05) is 31.2 Å². The zero-order chi connectivity index (χ0) is 9.26. The maximum atomic E-state index is 5.95. The van der Waals surface area contributed by atoms with Gasteiger partial charge in [-0.3, -0.25) is 5.32 Å². The predicted octanol–water partition coefficient (Wildman–Crippen LogP) is 1.74. The summed E-state index contributed by atoms with van der Waals surface area (Å²) in [5.41, 5.74) is 8.64. The number of nitrogens with one attached hydrogen (secondary N) is 1. The fourth-order valence-electron chi connectivity index (χ4n) is 2.02. The van der Waals surface area contributed by atoms with E-state index in [1.54, 1.807) is 0 Å². The molecule has 2 nitrogen and oxygen atoms in total. The minimum absolute atomic E-state index is 0.0269. The first-order valence-corrected chi connectivity index (χ1v) is 4.90. The third-order valence-electron chi connectivity index (χ3n) is 2.85. The maximum absolute atomic E-state index is 5.95. The second kappa shape index (κ2) is 3.48. The Kier molecular flexibility index (Phi) is 2.34. The molecular formula is C11H16N2. The standard InChI is InChI=1S/C11H16N2/c1-2-8-7-13-11(12)10-6-4-3-5-9(8)10/h3-6,8,11,13H,2,7,12H2,1H3. The first kappa shape index (κ1) is 8.73. The van der Waals surface area contributed by atoms with Crippen LogP contribution in [0.2, 0.25) is 0 Å². The van der Waals surface area contributed by atoms with Crippen LogP contribution in [0.15, 0.2) is 24.3 Å². The molecule has 0 aliphatic carbocycles. The van der Waals surface area contributed by atoms with Crippen molar-refractivity contribution in [3.05, 3.63) is 35.4 Å². The maximum Gasteiger partial charge on any atom is 0.0813 e. The van der Waals surface area contributed by atoms with E-state index < -0.39 is 0 Å². The lowest BCUT2D eigenvalue weighted by Gasteiger charge is -2.29. The van der Waals surface area contributed by atoms with Crippen molar-refractivity contribution in [2.45, 2.75) is 25.4 Å². The van der Waals surface area contributed by atoms with Crippen LogP contribution in [0.5, 0.6) is 0 Å². The Bertz CT molecular complexity index is 296. The van der Waals surface area contributed by atoms with Gasteiger partial charge in [-0.05, 0) is 23.5 Å². The molecule has 1 aromatic carbocycles. The van der Waals surface area contributed by atoms with Crippen molar-refractivity contribution in [2.24, 2.45) is 5.73 Å². The zero-order valence-corrected chi connectivity index (χ0v) is 7.96. The highest BCUT2D eigenvalue weighted by molar-refractivity contribution is 5.34. The number of fused-ring (bicyclic) bond motifs is 1. The van der Waals surface area contributed by atoms with Crippen LogP contribution in [0.25, 0.3) is 0 Å². The Morgan fingerprint density at radius 3 is 2.77 bits per heavy atom. The molecule has 0 saturated carbocycles. The second-order valence-corrected chi connectivity index (χ2v) is 3.62. The lowest BCUT2D eigenvalue weighted by molar-refractivity contribution is 0.456. The molecule has 1 aromatic rings. The number of hydrogen-bond donors (Lipinski definition) is 2. The molecule has 3 N–H and O–H groups in total. The summed E-state index contributed by atoms with van der Waals surface area (Å²) in [6.45, 7) is 3.23. The van der Waals surface area contributed by atoms with E-state index >= 15 is 0 Å². The van der Waals surface area contributed by atoms with Crippen LogP contribution < -0.4 is 11.1 Å². The summed E-state index contributed by atoms with van der Waals surface area (Å²) in [5, 5.41) is 3.32. The molecule has 13 heavy (non-hydrogen) atoms. The molecule has 0 amide bonds. The van der Waals surface area contributed by atoms with Gasteiger partial charge in [-0.15, -0.1) is 0 Å². The molecule has 2 atom stereocenters. The summed E-state index contributed by atoms with van der Waals surface area (Å²) in [6.07, 6.45) is 1.20. The molecule has 0 aromatic heterocycles. The van der Waals surface area contributed by atoms with Crippen LogP contribution in [0.3, 0.4) is 0 Å². The Labute approximate surface area is 79.1 Å². The largest absolute Gasteiger partial charge is 0.312 e. The van der Waals surface area contributed by atoms with Gasteiger partial charge in [0.15, 0.2) is 0 Å². The highest BCUT2D eigenvalue weighted by Gasteiger charge is 2.22. The van der Waals surface area contributed by atoms with Gasteiger partial charge in [0.05, 0.1) is 6.17 Å². The average Bonchev–Trinajstić information content (AvgIpc) is 2.19. The monoisotopic (exact) mass is 176 g/mol. The first-order valence-electron chi connectivity index (χ1n) is 4.90. The van der Waals surface area contributed by atoms with Gasteiger partial charge in [-0.2, -0.15) is 0 Å². The average molecular weight is 176 g/mol. The van der Waals surface area contributed by atoms with Gasteiger partial charge in [0.2, 0.25) is 0 Å². The minimum atomic E-state index is 0.0269. The van der Waals surface area contributed by atoms with Crippen LogP contribution in [0, 0.1) is 0 Å². The Morgan fingerprint density at radius 2 is 2.08 bits per heavy atom. The van der Waals surface area contributed by atoms with E-state index in [0.717, 1.165) is 6.54 Å². The fourth-order valence-corrected chi connectivity index (χ4v) is 2.02. The first-order chi connectivity index (χ1) is 6.33. The highest BCUT2D eigenvalue weighted by Crippen LogP contribution is 2.29. The van der Waals surface area contributed by atoms with Crippen LogP contribution in [0.4, 0.5) is 0 Å². The summed E-state index contributed by atoms with van der Waals surface area (Å²) in [7, 11) is 0. The quantitative estimate of drug-likeness (QED) is 0.684. The van der Waals surface area contributed by atoms with E-state index in [0.29, 0.717) is 5.92 Å². The number of nitrogens with two attached hydrogens (primary N) is 1.